The summed E-state index contributed by atoms with van der Waals surface area (Å²) in [6.07, 6.45) is 0. The standard InChI is InChI=1S/C18H19ClN4O2S/c1-4-25-17(24)14-10(2)20-18(26)21-15(14)13-11(3)22-23(16(13)19)12-8-6-5-7-9-12/h5-9,15H,4H2,1-3H3,(H2,20,21,26). The van der Waals surface area contributed by atoms with E-state index in [4.69, 9.17) is 28.6 Å². The first-order valence-electron chi connectivity index (χ1n) is 8.19. The van der Waals surface area contributed by atoms with Gasteiger partial charge in [0.15, 0.2) is 5.11 Å². The molecule has 3 rings (SSSR count). The molecule has 0 fully saturated rings. The Kier molecular flexibility index (Phi) is 5.29. The highest BCUT2D eigenvalue weighted by Crippen LogP contribution is 2.35. The van der Waals surface area contributed by atoms with E-state index in [9.17, 15) is 4.79 Å². The van der Waals surface area contributed by atoms with Crippen LogP contribution in [-0.4, -0.2) is 27.5 Å². The molecule has 0 bridgehead atoms. The number of esters is 1. The van der Waals surface area contributed by atoms with E-state index in [1.165, 1.54) is 0 Å². The van der Waals surface area contributed by atoms with Gasteiger partial charge in [0.05, 0.1) is 29.6 Å². The third-order valence-electron chi connectivity index (χ3n) is 4.10. The van der Waals surface area contributed by atoms with E-state index in [2.05, 4.69) is 15.7 Å². The van der Waals surface area contributed by atoms with Crippen LogP contribution in [0.25, 0.3) is 5.69 Å². The van der Waals surface area contributed by atoms with Gasteiger partial charge in [-0.2, -0.15) is 5.10 Å². The minimum absolute atomic E-state index is 0.281. The Morgan fingerprint density at radius 2 is 2.04 bits per heavy atom. The van der Waals surface area contributed by atoms with E-state index >= 15 is 0 Å². The molecule has 0 saturated heterocycles. The number of benzene rings is 1. The van der Waals surface area contributed by atoms with Crippen LogP contribution in [0, 0.1) is 6.92 Å². The van der Waals surface area contributed by atoms with Crippen LogP contribution in [0.3, 0.4) is 0 Å². The van der Waals surface area contributed by atoms with Gasteiger partial charge in [-0.15, -0.1) is 0 Å². The number of aryl methyl sites for hydroxylation is 1. The predicted molar refractivity (Wildman–Crippen MR) is 104 cm³/mol. The molecule has 0 amide bonds. The second kappa shape index (κ2) is 7.47. The highest BCUT2D eigenvalue weighted by Gasteiger charge is 2.35. The molecule has 2 aromatic rings. The fourth-order valence-corrected chi connectivity index (χ4v) is 3.62. The Balaban J connectivity index is 2.12. The van der Waals surface area contributed by atoms with Crippen molar-refractivity contribution < 1.29 is 9.53 Å². The average molecular weight is 391 g/mol. The maximum absolute atomic E-state index is 12.5. The average Bonchev–Trinajstić information content (AvgIpc) is 2.89. The van der Waals surface area contributed by atoms with Gasteiger partial charge in [-0.05, 0) is 45.1 Å². The van der Waals surface area contributed by atoms with Crippen molar-refractivity contribution in [1.82, 2.24) is 20.4 Å². The first-order valence-corrected chi connectivity index (χ1v) is 8.98. The molecular weight excluding hydrogens is 372 g/mol. The number of thiocarbonyl (C=S) groups is 1. The van der Waals surface area contributed by atoms with Gasteiger partial charge < -0.3 is 15.4 Å². The van der Waals surface area contributed by atoms with Crippen molar-refractivity contribution >= 4 is 34.9 Å². The van der Waals surface area contributed by atoms with Gasteiger partial charge in [0.25, 0.3) is 0 Å². The number of nitrogens with one attached hydrogen (secondary N) is 2. The summed E-state index contributed by atoms with van der Waals surface area (Å²) in [6, 6.07) is 9.04. The third kappa shape index (κ3) is 3.32. The van der Waals surface area contributed by atoms with E-state index in [1.54, 1.807) is 18.5 Å². The van der Waals surface area contributed by atoms with Crippen LogP contribution in [0.4, 0.5) is 0 Å². The SMILES string of the molecule is CCOC(=O)C1=C(C)NC(=S)NC1c1c(C)nn(-c2ccccc2)c1Cl. The van der Waals surface area contributed by atoms with Gasteiger partial charge in [0.2, 0.25) is 0 Å². The smallest absolute Gasteiger partial charge is 0.338 e. The lowest BCUT2D eigenvalue weighted by Crippen LogP contribution is -2.45. The summed E-state index contributed by atoms with van der Waals surface area (Å²) < 4.78 is 6.87. The molecule has 2 heterocycles. The fourth-order valence-electron chi connectivity index (χ4n) is 2.97. The Hall–Kier alpha value is -2.38. The number of halogens is 1. The van der Waals surface area contributed by atoms with Gasteiger partial charge in [-0.3, -0.25) is 0 Å². The van der Waals surface area contributed by atoms with Crippen LogP contribution in [0.2, 0.25) is 5.15 Å². The maximum Gasteiger partial charge on any atom is 0.338 e. The zero-order valence-electron chi connectivity index (χ0n) is 14.7. The van der Waals surface area contributed by atoms with Gasteiger partial charge in [-0.25, -0.2) is 9.48 Å². The quantitative estimate of drug-likeness (QED) is 0.617. The minimum Gasteiger partial charge on any atom is -0.463 e. The highest BCUT2D eigenvalue weighted by atomic mass is 35.5. The van der Waals surface area contributed by atoms with E-state index in [0.717, 1.165) is 5.69 Å². The van der Waals surface area contributed by atoms with Crippen molar-refractivity contribution in [3.05, 3.63) is 58.0 Å². The number of rotatable bonds is 4. The molecule has 1 atom stereocenters. The zero-order chi connectivity index (χ0) is 18.8. The zero-order valence-corrected chi connectivity index (χ0v) is 16.2. The lowest BCUT2D eigenvalue weighted by atomic mass is 9.96. The monoisotopic (exact) mass is 390 g/mol. The van der Waals surface area contributed by atoms with Crippen molar-refractivity contribution in [2.24, 2.45) is 0 Å². The number of allylic oxidation sites excluding steroid dienone is 1. The van der Waals surface area contributed by atoms with Gasteiger partial charge in [0, 0.05) is 11.3 Å². The van der Waals surface area contributed by atoms with Crippen LogP contribution in [0.15, 0.2) is 41.6 Å². The van der Waals surface area contributed by atoms with E-state index in [1.807, 2.05) is 37.3 Å². The normalized spacial score (nSPS) is 16.9. The number of hydrogen-bond donors (Lipinski definition) is 2. The first kappa shape index (κ1) is 18.4. The van der Waals surface area contributed by atoms with Crippen molar-refractivity contribution in [2.45, 2.75) is 26.8 Å². The van der Waals surface area contributed by atoms with Crippen molar-refractivity contribution in [1.29, 1.82) is 0 Å². The Morgan fingerprint density at radius 3 is 2.69 bits per heavy atom. The molecule has 1 unspecified atom stereocenters. The highest BCUT2D eigenvalue weighted by molar-refractivity contribution is 7.80. The lowest BCUT2D eigenvalue weighted by molar-refractivity contribution is -0.139. The maximum atomic E-state index is 12.5. The van der Waals surface area contributed by atoms with E-state index in [-0.39, 0.29) is 6.61 Å². The molecule has 2 N–H and O–H groups in total. The number of carbonyl (C=O) groups excluding carboxylic acids is 1. The summed E-state index contributed by atoms with van der Waals surface area (Å²) in [5.74, 6) is -0.416. The molecular formula is C18H19ClN4O2S. The van der Waals surface area contributed by atoms with E-state index < -0.39 is 12.0 Å². The number of hydrogen-bond acceptors (Lipinski definition) is 4. The van der Waals surface area contributed by atoms with Crippen LogP contribution >= 0.6 is 23.8 Å². The molecule has 0 spiro atoms. The summed E-state index contributed by atoms with van der Waals surface area (Å²) in [6.45, 7) is 5.69. The Bertz CT molecular complexity index is 892. The molecule has 8 heteroatoms. The Labute approximate surface area is 162 Å². The topological polar surface area (TPSA) is 68.2 Å². The first-order chi connectivity index (χ1) is 12.4. The number of nitrogens with zero attached hydrogens (tertiary/aromatic N) is 2. The van der Waals surface area contributed by atoms with Crippen LogP contribution in [0.1, 0.15) is 31.1 Å². The van der Waals surface area contributed by atoms with Gasteiger partial charge in [-0.1, -0.05) is 29.8 Å². The lowest BCUT2D eigenvalue weighted by Gasteiger charge is -2.29. The van der Waals surface area contributed by atoms with Gasteiger partial charge >= 0.3 is 5.97 Å². The summed E-state index contributed by atoms with van der Waals surface area (Å²) in [7, 11) is 0. The van der Waals surface area contributed by atoms with Crippen LogP contribution < -0.4 is 10.6 Å². The minimum atomic E-state index is -0.534. The molecule has 0 saturated carbocycles. The number of carbonyl (C=O) groups is 1. The largest absolute Gasteiger partial charge is 0.463 e. The molecule has 6 nitrogen and oxygen atoms in total. The Morgan fingerprint density at radius 1 is 1.35 bits per heavy atom. The van der Waals surface area contributed by atoms with Crippen molar-refractivity contribution in [3.8, 4) is 5.69 Å². The fraction of sp³-hybridized carbons (Fsp3) is 0.278. The second-order valence-electron chi connectivity index (χ2n) is 5.83. The molecule has 1 aromatic carbocycles. The summed E-state index contributed by atoms with van der Waals surface area (Å²) in [4.78, 5) is 12.5. The molecule has 1 aromatic heterocycles. The number of ether oxygens (including phenoxy) is 1. The van der Waals surface area contributed by atoms with Crippen molar-refractivity contribution in [2.75, 3.05) is 6.61 Å². The summed E-state index contributed by atoms with van der Waals surface area (Å²) in [5.41, 5.74) is 3.32. The van der Waals surface area contributed by atoms with Gasteiger partial charge in [0.1, 0.15) is 5.15 Å². The second-order valence-corrected chi connectivity index (χ2v) is 6.59. The molecule has 0 radical (unpaired) electrons. The van der Waals surface area contributed by atoms with Crippen LogP contribution in [0.5, 0.6) is 0 Å². The third-order valence-corrected chi connectivity index (χ3v) is 4.69. The number of para-hydroxylation sites is 1. The summed E-state index contributed by atoms with van der Waals surface area (Å²) in [5, 5.41) is 11.5. The van der Waals surface area contributed by atoms with E-state index in [0.29, 0.717) is 32.8 Å². The molecule has 0 aliphatic carbocycles. The molecule has 1 aliphatic heterocycles. The molecule has 26 heavy (non-hydrogen) atoms. The summed E-state index contributed by atoms with van der Waals surface area (Å²) >= 11 is 11.9. The number of aromatic nitrogens is 2. The predicted octanol–water partition coefficient (Wildman–Crippen LogP) is 3.19. The van der Waals surface area contributed by atoms with Crippen LogP contribution in [-0.2, 0) is 9.53 Å². The molecule has 1 aliphatic rings. The van der Waals surface area contributed by atoms with Crippen molar-refractivity contribution in [3.63, 3.8) is 0 Å². The molecule has 136 valence electrons.